The second-order valence-electron chi connectivity index (χ2n) is 5.65. The molecule has 0 saturated carbocycles. The number of halogens is 3. The summed E-state index contributed by atoms with van der Waals surface area (Å²) in [5.74, 6) is 0.0861. The molecule has 1 amide bonds. The lowest BCUT2D eigenvalue weighted by molar-refractivity contribution is -0.150. The van der Waals surface area contributed by atoms with E-state index in [1.807, 2.05) is 9.80 Å². The van der Waals surface area contributed by atoms with E-state index in [-0.39, 0.29) is 5.91 Å². The zero-order valence-corrected chi connectivity index (χ0v) is 12.2. The van der Waals surface area contributed by atoms with Crippen LogP contribution in [0.25, 0.3) is 0 Å². The molecule has 5 nitrogen and oxygen atoms in total. The van der Waals surface area contributed by atoms with Crippen LogP contribution in [0, 0.1) is 0 Å². The summed E-state index contributed by atoms with van der Waals surface area (Å²) in [6.45, 7) is 4.47. The molecule has 122 valence electrons. The fourth-order valence-electron chi connectivity index (χ4n) is 2.75. The molecule has 0 atom stereocenters. The average molecular weight is 308 g/mol. The monoisotopic (exact) mass is 308 g/mol. The largest absolute Gasteiger partial charge is 0.401 e. The number of alkyl halides is 3. The highest BCUT2D eigenvalue weighted by atomic mass is 19.4. The molecule has 21 heavy (non-hydrogen) atoms. The highest BCUT2D eigenvalue weighted by Crippen LogP contribution is 2.17. The molecule has 8 heteroatoms. The second-order valence-corrected chi connectivity index (χ2v) is 5.65. The number of hydrogen-bond acceptors (Lipinski definition) is 4. The predicted molar refractivity (Wildman–Crippen MR) is 73.0 cm³/mol. The van der Waals surface area contributed by atoms with Crippen LogP contribution in [0.4, 0.5) is 13.2 Å². The minimum Gasteiger partial charge on any atom is -0.340 e. The van der Waals surface area contributed by atoms with E-state index in [0.717, 1.165) is 26.1 Å². The van der Waals surface area contributed by atoms with Crippen molar-refractivity contribution >= 4 is 5.91 Å². The van der Waals surface area contributed by atoms with Gasteiger partial charge in [-0.25, -0.2) is 0 Å². The van der Waals surface area contributed by atoms with Crippen LogP contribution in [-0.4, -0.2) is 92.2 Å². The lowest BCUT2D eigenvalue weighted by Gasteiger charge is -2.35. The number of piperazine rings is 1. The van der Waals surface area contributed by atoms with Crippen LogP contribution in [-0.2, 0) is 4.79 Å². The van der Waals surface area contributed by atoms with Gasteiger partial charge in [0.1, 0.15) is 0 Å². The van der Waals surface area contributed by atoms with Crippen molar-refractivity contribution < 1.29 is 18.0 Å². The smallest absolute Gasteiger partial charge is 0.340 e. The molecule has 0 spiro atoms. The minimum atomic E-state index is -4.14. The number of hydrogen-bond donors (Lipinski definition) is 1. The zero-order valence-electron chi connectivity index (χ0n) is 12.2. The minimum absolute atomic E-state index is 0.0861. The van der Waals surface area contributed by atoms with E-state index in [0.29, 0.717) is 39.3 Å². The Bertz CT molecular complexity index is 335. The molecule has 2 aliphatic heterocycles. The van der Waals surface area contributed by atoms with Gasteiger partial charge in [0, 0.05) is 45.8 Å². The molecule has 0 aliphatic carbocycles. The Morgan fingerprint density at radius 2 is 1.62 bits per heavy atom. The number of nitrogens with one attached hydrogen (secondary N) is 1. The average Bonchev–Trinajstić information content (AvgIpc) is 2.68. The summed E-state index contributed by atoms with van der Waals surface area (Å²) < 4.78 is 36.9. The maximum Gasteiger partial charge on any atom is 0.401 e. The van der Waals surface area contributed by atoms with Crippen molar-refractivity contribution in [2.24, 2.45) is 0 Å². The third-order valence-electron chi connectivity index (χ3n) is 3.92. The quantitative estimate of drug-likeness (QED) is 0.796. The van der Waals surface area contributed by atoms with Crippen LogP contribution >= 0.6 is 0 Å². The van der Waals surface area contributed by atoms with Crippen molar-refractivity contribution in [1.82, 2.24) is 20.0 Å². The molecule has 0 radical (unpaired) electrons. The Morgan fingerprint density at radius 1 is 0.952 bits per heavy atom. The summed E-state index contributed by atoms with van der Waals surface area (Å²) in [7, 11) is 0. The Labute approximate surface area is 123 Å². The number of nitrogens with zero attached hydrogens (tertiary/aromatic N) is 3. The van der Waals surface area contributed by atoms with Crippen molar-refractivity contribution in [1.29, 1.82) is 0 Å². The van der Waals surface area contributed by atoms with Gasteiger partial charge in [-0.3, -0.25) is 14.6 Å². The maximum atomic E-state index is 12.3. The fraction of sp³-hybridized carbons (Fsp3) is 0.923. The molecule has 0 aromatic rings. The standard InChI is InChI=1S/C13H23F3N4O/c14-13(15,16)11-19-8-6-18(7-9-19)10-12(21)20-4-1-2-17-3-5-20/h17H,1-11H2. The van der Waals surface area contributed by atoms with Crippen LogP contribution < -0.4 is 5.32 Å². The van der Waals surface area contributed by atoms with Gasteiger partial charge in [0.25, 0.3) is 0 Å². The second kappa shape index (κ2) is 7.42. The van der Waals surface area contributed by atoms with Crippen LogP contribution in [0.1, 0.15) is 6.42 Å². The Balaban J connectivity index is 1.71. The summed E-state index contributed by atoms with van der Waals surface area (Å²) in [5.41, 5.74) is 0. The molecule has 0 aromatic heterocycles. The van der Waals surface area contributed by atoms with Crippen molar-refractivity contribution in [3.8, 4) is 0 Å². The molecule has 0 unspecified atom stereocenters. The number of carbonyl (C=O) groups excluding carboxylic acids is 1. The van der Waals surface area contributed by atoms with Gasteiger partial charge in [0.05, 0.1) is 13.1 Å². The normalized spacial score (nSPS) is 23.1. The summed E-state index contributed by atoms with van der Waals surface area (Å²) in [6, 6.07) is 0. The van der Waals surface area contributed by atoms with E-state index >= 15 is 0 Å². The van der Waals surface area contributed by atoms with E-state index in [4.69, 9.17) is 0 Å². The van der Waals surface area contributed by atoms with Gasteiger partial charge in [-0.1, -0.05) is 0 Å². The fourth-order valence-corrected chi connectivity index (χ4v) is 2.75. The lowest BCUT2D eigenvalue weighted by atomic mass is 10.3. The SMILES string of the molecule is O=C(CN1CCN(CC(F)(F)F)CC1)N1CCCNCC1. The molecule has 2 aliphatic rings. The first-order valence-corrected chi connectivity index (χ1v) is 7.44. The van der Waals surface area contributed by atoms with E-state index in [1.165, 1.54) is 4.90 Å². The maximum absolute atomic E-state index is 12.3. The molecule has 2 heterocycles. The van der Waals surface area contributed by atoms with Gasteiger partial charge >= 0.3 is 6.18 Å². The topological polar surface area (TPSA) is 38.8 Å². The number of amides is 1. The van der Waals surface area contributed by atoms with Gasteiger partial charge in [-0.15, -0.1) is 0 Å². The van der Waals surface area contributed by atoms with Gasteiger partial charge in [-0.05, 0) is 13.0 Å². The van der Waals surface area contributed by atoms with E-state index < -0.39 is 12.7 Å². The van der Waals surface area contributed by atoms with Crippen molar-refractivity contribution in [3.63, 3.8) is 0 Å². The molecule has 2 rings (SSSR count). The summed E-state index contributed by atoms with van der Waals surface area (Å²) in [4.78, 5) is 17.4. The molecule has 2 saturated heterocycles. The zero-order chi connectivity index (χ0) is 15.3. The molecular formula is C13H23F3N4O. The molecule has 2 fully saturated rings. The molecule has 0 aromatic carbocycles. The van der Waals surface area contributed by atoms with Crippen molar-refractivity contribution in [3.05, 3.63) is 0 Å². The van der Waals surface area contributed by atoms with Gasteiger partial charge < -0.3 is 10.2 Å². The first-order valence-electron chi connectivity index (χ1n) is 7.44. The van der Waals surface area contributed by atoms with Crippen LogP contribution in [0.3, 0.4) is 0 Å². The number of rotatable bonds is 3. The molecule has 1 N–H and O–H groups in total. The summed E-state index contributed by atoms with van der Waals surface area (Å²) in [5, 5.41) is 3.24. The third kappa shape index (κ3) is 5.80. The highest BCUT2D eigenvalue weighted by molar-refractivity contribution is 5.78. The van der Waals surface area contributed by atoms with E-state index in [2.05, 4.69) is 5.32 Å². The first kappa shape index (κ1) is 16.5. The van der Waals surface area contributed by atoms with Crippen molar-refractivity contribution in [2.45, 2.75) is 12.6 Å². The Kier molecular flexibility index (Phi) is 5.83. The molecular weight excluding hydrogens is 285 g/mol. The van der Waals surface area contributed by atoms with Crippen LogP contribution in [0.5, 0.6) is 0 Å². The van der Waals surface area contributed by atoms with Gasteiger partial charge in [0.15, 0.2) is 0 Å². The highest BCUT2D eigenvalue weighted by Gasteiger charge is 2.32. The lowest BCUT2D eigenvalue weighted by Crippen LogP contribution is -2.52. The van der Waals surface area contributed by atoms with E-state index in [1.54, 1.807) is 0 Å². The molecule has 0 bridgehead atoms. The van der Waals surface area contributed by atoms with Crippen molar-refractivity contribution in [2.75, 3.05) is 65.4 Å². The predicted octanol–water partition coefficient (Wildman–Crippen LogP) is -0.0118. The van der Waals surface area contributed by atoms with Gasteiger partial charge in [0.2, 0.25) is 5.91 Å². The van der Waals surface area contributed by atoms with Gasteiger partial charge in [-0.2, -0.15) is 13.2 Å². The number of carbonyl (C=O) groups is 1. The Morgan fingerprint density at radius 3 is 2.29 bits per heavy atom. The summed E-state index contributed by atoms with van der Waals surface area (Å²) in [6.07, 6.45) is -3.19. The van der Waals surface area contributed by atoms with Crippen LogP contribution in [0.2, 0.25) is 0 Å². The summed E-state index contributed by atoms with van der Waals surface area (Å²) >= 11 is 0. The third-order valence-corrected chi connectivity index (χ3v) is 3.92. The van der Waals surface area contributed by atoms with Crippen LogP contribution in [0.15, 0.2) is 0 Å². The van der Waals surface area contributed by atoms with E-state index in [9.17, 15) is 18.0 Å². The first-order chi connectivity index (χ1) is 9.94. The Hall–Kier alpha value is -0.860.